The number of anilines is 2. The van der Waals surface area contributed by atoms with Crippen LogP contribution in [-0.2, 0) is 42.9 Å². The molecule has 78 heavy (non-hydrogen) atoms. The molecule has 3 aliphatic rings. The van der Waals surface area contributed by atoms with Gasteiger partial charge in [0.05, 0.1) is 48.5 Å². The maximum atomic E-state index is 13.7. The lowest BCUT2D eigenvalue weighted by atomic mass is 9.83. The first-order chi connectivity index (χ1) is 36.4. The first-order valence-electron chi connectivity index (χ1n) is 23.4. The van der Waals surface area contributed by atoms with Crippen LogP contribution >= 0.6 is 23.5 Å². The molecule has 7 rings (SSSR count). The van der Waals surface area contributed by atoms with Crippen LogP contribution in [0.2, 0.25) is 0 Å². The van der Waals surface area contributed by atoms with Gasteiger partial charge in [-0.1, -0.05) is 38.7 Å². The zero-order valence-corrected chi connectivity index (χ0v) is 45.5. The maximum Gasteiger partial charge on any atom is 0.490 e. The van der Waals surface area contributed by atoms with E-state index in [4.69, 9.17) is 29.4 Å². The Morgan fingerprint density at radius 3 is 2.40 bits per heavy atom. The normalized spacial score (nSPS) is 17.6. The number of aldehydes is 1. The number of phosphoric acid groups is 3. The number of nitrogens with zero attached hydrogens (tertiary/aromatic N) is 5. The number of benzene rings is 4. The molecule has 0 radical (unpaired) electrons. The number of nitrogen functional groups attached to an aromatic ring is 1. The van der Waals surface area contributed by atoms with Crippen molar-refractivity contribution >= 4 is 63.8 Å². The Balaban J connectivity index is 1.06. The second-order valence-electron chi connectivity index (χ2n) is 19.3. The van der Waals surface area contributed by atoms with Crippen molar-refractivity contribution in [2.45, 2.75) is 58.3 Å². The number of carbonyl (C=O) groups is 2. The lowest BCUT2D eigenvalue weighted by molar-refractivity contribution is -0.386. The summed E-state index contributed by atoms with van der Waals surface area (Å²) in [7, 11) is -9.39. The lowest BCUT2D eigenvalue weighted by Gasteiger charge is -2.31. The molecule has 26 nitrogen and oxygen atoms in total. The van der Waals surface area contributed by atoms with Gasteiger partial charge in [-0.05, 0) is 53.4 Å². The third kappa shape index (κ3) is 14.1. The lowest BCUT2D eigenvalue weighted by Crippen LogP contribution is -2.30. The fourth-order valence-corrected chi connectivity index (χ4v) is 11.5. The number of nitrogens with two attached hydrogens (primary N) is 1. The van der Waals surface area contributed by atoms with Gasteiger partial charge in [0, 0.05) is 89.4 Å². The molecule has 3 heterocycles. The molecule has 29 heteroatoms. The summed E-state index contributed by atoms with van der Waals surface area (Å²) < 4.78 is 68.1. The SMILES string of the molecule is CN(C)c1ccc2c(-c3cc(C(=O)NCC#Cc4ccc([C@H](OCc5cn([C@H]6C[C@@H](O)[C@@H](COP(=O)(O)OP(=O)(O)OP(=O)(O)O)O6)c(=O)nc5N)C(C)(C)C)c([N+](=O)[O-])c4)ccc3C=O)c3ccc(=[N+](C)C)cc-3oc2c1. The van der Waals surface area contributed by atoms with Crippen LogP contribution in [-0.4, -0.2) is 105 Å². The fraction of sp³-hybridized carbons (Fsp3) is 0.327. The fourth-order valence-electron chi connectivity index (χ4n) is 8.43. The number of aromatic nitrogens is 2. The Hall–Kier alpha value is -6.78. The maximum absolute atomic E-state index is 13.7. The second kappa shape index (κ2) is 23.3. The number of phosphoric ester groups is 1. The van der Waals surface area contributed by atoms with Gasteiger partial charge >= 0.3 is 29.2 Å². The number of carbonyl (C=O) groups excluding carboxylic acids is 2. The number of nitro groups is 1. The van der Waals surface area contributed by atoms with Crippen LogP contribution < -0.4 is 31.6 Å². The molecule has 1 aromatic heterocycles. The molecule has 0 spiro atoms. The van der Waals surface area contributed by atoms with Crippen molar-refractivity contribution in [1.29, 1.82) is 0 Å². The van der Waals surface area contributed by atoms with E-state index in [0.717, 1.165) is 32.8 Å². The first kappa shape index (κ1) is 58.9. The summed E-state index contributed by atoms with van der Waals surface area (Å²) in [6.45, 7) is 3.79. The minimum absolute atomic E-state index is 0.108. The highest BCUT2D eigenvalue weighted by molar-refractivity contribution is 7.66. The van der Waals surface area contributed by atoms with Crippen LogP contribution in [0, 0.1) is 27.4 Å². The smallest absolute Gasteiger partial charge is 0.456 e. The Kier molecular flexibility index (Phi) is 17.6. The summed E-state index contributed by atoms with van der Waals surface area (Å²) in [4.78, 5) is 93.8. The number of nitro benzene ring substituents is 1. The van der Waals surface area contributed by atoms with Crippen molar-refractivity contribution in [2.75, 3.05) is 52.0 Å². The van der Waals surface area contributed by atoms with Gasteiger partial charge in [-0.15, -0.1) is 0 Å². The minimum atomic E-state index is -5.83. The van der Waals surface area contributed by atoms with Gasteiger partial charge in [0.25, 0.3) is 11.6 Å². The molecular weight excluding hydrogens is 1080 g/mol. The number of ether oxygens (including phenoxy) is 2. The summed E-state index contributed by atoms with van der Waals surface area (Å²) >= 11 is 0. The van der Waals surface area contributed by atoms with Crippen molar-refractivity contribution in [3.63, 3.8) is 0 Å². The van der Waals surface area contributed by atoms with Crippen LogP contribution in [0.3, 0.4) is 0 Å². The third-order valence-corrected chi connectivity index (χ3v) is 15.9. The van der Waals surface area contributed by atoms with E-state index in [9.17, 15) is 53.1 Å². The van der Waals surface area contributed by atoms with E-state index in [0.29, 0.717) is 28.0 Å². The van der Waals surface area contributed by atoms with E-state index in [1.807, 2.05) is 74.1 Å². The predicted molar refractivity (Wildman–Crippen MR) is 282 cm³/mol. The molecule has 2 aliphatic heterocycles. The van der Waals surface area contributed by atoms with Crippen molar-refractivity contribution in [2.24, 2.45) is 5.41 Å². The molecule has 8 N–H and O–H groups in total. The van der Waals surface area contributed by atoms with Crippen LogP contribution in [0.5, 0.6) is 0 Å². The number of hydrogen-bond donors (Lipinski definition) is 7. The minimum Gasteiger partial charge on any atom is -0.456 e. The molecule has 2 unspecified atom stereocenters. The van der Waals surface area contributed by atoms with E-state index in [-0.39, 0.29) is 53.3 Å². The Labute approximate surface area is 444 Å². The topological polar surface area (TPSA) is 368 Å². The highest BCUT2D eigenvalue weighted by Gasteiger charge is 2.43. The van der Waals surface area contributed by atoms with Crippen molar-refractivity contribution < 1.29 is 79.9 Å². The standard InChI is InChI=1S/C49H54N7O19P3/c1-49(2,3)45(70-26-31-24-55(48(60)52-46(31)50)43-23-39(58)42(73-43)27-71-77(66,67)75-78(68,69)74-76(63,64)65)34-15-10-28(19-38(34)56(61)62)9-8-18-51-47(59)29-11-12-30(25-57)37(20-29)44-35-16-13-32(53(4)5)21-40(35)72-41-22-33(54(6)7)14-17-36(41)44/h10-17,19-22,24-25,39,42-43,45,58H,18,23,26-27H2,1-7H3,(H6-,50,51,52,59,60,63,64,65,66,67,68,69)/p+1/t39-,42-,43-,45+/m1/s1. The van der Waals surface area contributed by atoms with Crippen LogP contribution in [0.1, 0.15) is 76.9 Å². The quantitative estimate of drug-likeness (QED) is 0.0110. The Bertz CT molecular complexity index is 3650. The molecule has 0 saturated carbocycles. The van der Waals surface area contributed by atoms with E-state index in [1.54, 1.807) is 39.0 Å². The second-order valence-corrected chi connectivity index (χ2v) is 23.7. The molecule has 1 saturated heterocycles. The summed E-state index contributed by atoms with van der Waals surface area (Å²) in [6.07, 6.45) is -3.64. The molecule has 4 aromatic rings. The number of hydrogen-bond acceptors (Lipinski definition) is 18. The van der Waals surface area contributed by atoms with E-state index in [1.165, 1.54) is 24.4 Å². The van der Waals surface area contributed by atoms with Gasteiger partial charge in [-0.25, -0.2) is 23.1 Å². The number of nitrogens with one attached hydrogen (secondary N) is 1. The van der Waals surface area contributed by atoms with Crippen LogP contribution in [0.15, 0.2) is 88.2 Å². The molecular formula is C49H55N7O19P3+. The number of rotatable bonds is 18. The number of fused-ring (bicyclic) bond motifs is 2. The molecule has 0 bridgehead atoms. The summed E-state index contributed by atoms with van der Waals surface area (Å²) in [6, 6.07) is 20.6. The average Bonchev–Trinajstić information content (AvgIpc) is 3.82. The van der Waals surface area contributed by atoms with E-state index < -0.39 is 76.5 Å². The average molecular weight is 1140 g/mol. The molecule has 1 fully saturated rings. The number of aliphatic hydroxyl groups excluding tert-OH is 1. The van der Waals surface area contributed by atoms with E-state index >= 15 is 0 Å². The highest BCUT2D eigenvalue weighted by Crippen LogP contribution is 2.66. The summed E-state index contributed by atoms with van der Waals surface area (Å²) in [5.41, 5.74) is 8.51. The Morgan fingerprint density at radius 2 is 1.74 bits per heavy atom. The van der Waals surface area contributed by atoms with Crippen molar-refractivity contribution in [1.82, 2.24) is 19.4 Å². The van der Waals surface area contributed by atoms with Gasteiger partial charge < -0.3 is 54.5 Å². The molecule has 1 aliphatic carbocycles. The van der Waals surface area contributed by atoms with E-state index in [2.05, 4.69) is 35.3 Å². The molecule has 6 atom stereocenters. The Morgan fingerprint density at radius 1 is 1.01 bits per heavy atom. The van der Waals surface area contributed by atoms with Gasteiger partial charge in [0.15, 0.2) is 6.29 Å². The zero-order chi connectivity index (χ0) is 57.2. The number of amides is 1. The zero-order valence-electron chi connectivity index (χ0n) is 42.8. The summed E-state index contributed by atoms with van der Waals surface area (Å²) in [5, 5.41) is 27.6. The van der Waals surface area contributed by atoms with Gasteiger partial charge in [0.1, 0.15) is 43.6 Å². The van der Waals surface area contributed by atoms with Gasteiger partial charge in [-0.2, -0.15) is 13.6 Å². The molecule has 3 aromatic carbocycles. The monoisotopic (exact) mass is 1140 g/mol. The first-order valence-corrected chi connectivity index (χ1v) is 27.9. The predicted octanol–water partition coefficient (Wildman–Crippen LogP) is 5.24. The van der Waals surface area contributed by atoms with Gasteiger partial charge in [0.2, 0.25) is 5.36 Å². The third-order valence-electron chi connectivity index (χ3n) is 12.1. The van der Waals surface area contributed by atoms with Gasteiger partial charge in [-0.3, -0.25) is 28.8 Å². The van der Waals surface area contributed by atoms with Crippen molar-refractivity contribution in [3.8, 4) is 34.3 Å². The molecule has 1 amide bonds. The van der Waals surface area contributed by atoms with Crippen LogP contribution in [0.4, 0.5) is 17.2 Å². The molecule has 414 valence electrons. The highest BCUT2D eigenvalue weighted by atomic mass is 31.3. The number of aliphatic hydroxyl groups is 1. The van der Waals surface area contributed by atoms with Crippen molar-refractivity contribution in [3.05, 3.63) is 133 Å². The summed E-state index contributed by atoms with van der Waals surface area (Å²) in [5.74, 6) is 5.51. The van der Waals surface area contributed by atoms with Crippen LogP contribution in [0.25, 0.3) is 33.4 Å². The largest absolute Gasteiger partial charge is 0.490 e.